The van der Waals surface area contributed by atoms with Crippen molar-refractivity contribution in [2.75, 3.05) is 0 Å². The minimum Gasteiger partial charge on any atom is -0.330 e. The molecule has 2 heteroatoms. The molecule has 0 saturated heterocycles. The summed E-state index contributed by atoms with van der Waals surface area (Å²) in [6, 6.07) is 0. The van der Waals surface area contributed by atoms with Crippen LogP contribution in [0.1, 0.15) is 65.7 Å². The van der Waals surface area contributed by atoms with Gasteiger partial charge in [0.1, 0.15) is 0 Å². The smallest absolute Gasteiger partial charge is 0.224 e. The molecule has 0 bridgehead atoms. The summed E-state index contributed by atoms with van der Waals surface area (Å²) >= 11 is 0. The fourth-order valence-electron chi connectivity index (χ4n) is 1.42. The number of carbonyl (C=O) groups excluding carboxylic acids is 1. The molecule has 0 aliphatic heterocycles. The van der Waals surface area contributed by atoms with Crippen molar-refractivity contribution < 1.29 is 4.79 Å². The first kappa shape index (κ1) is 14.2. The van der Waals surface area contributed by atoms with Gasteiger partial charge in [-0.1, -0.05) is 45.1 Å². The van der Waals surface area contributed by atoms with Crippen molar-refractivity contribution in [3.63, 3.8) is 0 Å². The van der Waals surface area contributed by atoms with Crippen LogP contribution in [0.4, 0.5) is 0 Å². The molecular formula is C13H25NO. The molecule has 0 fully saturated rings. The van der Waals surface area contributed by atoms with Gasteiger partial charge in [-0.3, -0.25) is 4.79 Å². The molecule has 15 heavy (non-hydrogen) atoms. The molecule has 0 aromatic rings. The Morgan fingerprint density at radius 3 is 2.33 bits per heavy atom. The number of hydrogen-bond donors (Lipinski definition) is 1. The Hall–Kier alpha value is -0.790. The average Bonchev–Trinajstić information content (AvgIpc) is 2.23. The van der Waals surface area contributed by atoms with Crippen LogP contribution in [0.15, 0.2) is 11.8 Å². The summed E-state index contributed by atoms with van der Waals surface area (Å²) in [6.07, 6.45) is 9.96. The van der Waals surface area contributed by atoms with E-state index in [0.717, 1.165) is 12.1 Å². The molecule has 0 radical (unpaired) electrons. The van der Waals surface area contributed by atoms with Crippen LogP contribution in [0.25, 0.3) is 0 Å². The minimum absolute atomic E-state index is 0.154. The summed E-state index contributed by atoms with van der Waals surface area (Å²) in [5.41, 5.74) is 0.950. The van der Waals surface area contributed by atoms with Crippen LogP contribution in [0.3, 0.4) is 0 Å². The Bertz CT molecular complexity index is 197. The maximum absolute atomic E-state index is 11.3. The molecule has 2 nitrogen and oxygen atoms in total. The van der Waals surface area contributed by atoms with Gasteiger partial charge in [0.05, 0.1) is 0 Å². The van der Waals surface area contributed by atoms with Gasteiger partial charge in [0.2, 0.25) is 5.91 Å². The van der Waals surface area contributed by atoms with E-state index in [0.29, 0.717) is 6.42 Å². The van der Waals surface area contributed by atoms with Crippen molar-refractivity contribution in [3.05, 3.63) is 11.8 Å². The molecule has 0 aliphatic carbocycles. The molecule has 0 heterocycles. The molecule has 0 saturated carbocycles. The number of nitrogens with one attached hydrogen (secondary N) is 1. The maximum atomic E-state index is 11.3. The monoisotopic (exact) mass is 211 g/mol. The van der Waals surface area contributed by atoms with E-state index in [4.69, 9.17) is 0 Å². The topological polar surface area (TPSA) is 29.1 Å². The first-order valence-electron chi connectivity index (χ1n) is 6.13. The Balaban J connectivity index is 3.32. The van der Waals surface area contributed by atoms with E-state index in [9.17, 15) is 4.79 Å². The molecule has 88 valence electrons. The normalized spacial score (nSPS) is 11.5. The molecule has 0 rings (SSSR count). The van der Waals surface area contributed by atoms with Crippen LogP contribution in [-0.4, -0.2) is 5.91 Å². The minimum atomic E-state index is 0.154. The molecule has 1 N–H and O–H groups in total. The summed E-state index contributed by atoms with van der Waals surface area (Å²) in [5, 5.41) is 2.85. The zero-order valence-corrected chi connectivity index (χ0v) is 10.4. The van der Waals surface area contributed by atoms with Gasteiger partial charge in [0, 0.05) is 12.1 Å². The second-order valence-corrected chi connectivity index (χ2v) is 4.04. The van der Waals surface area contributed by atoms with Crippen molar-refractivity contribution in [3.8, 4) is 0 Å². The first-order valence-corrected chi connectivity index (χ1v) is 6.13. The van der Waals surface area contributed by atoms with Gasteiger partial charge in [-0.15, -0.1) is 0 Å². The van der Waals surface area contributed by atoms with E-state index < -0.39 is 0 Å². The summed E-state index contributed by atoms with van der Waals surface area (Å²) in [7, 11) is 0. The third kappa shape index (κ3) is 9.51. The highest BCUT2D eigenvalue weighted by molar-refractivity contribution is 5.77. The zero-order valence-electron chi connectivity index (χ0n) is 10.4. The van der Waals surface area contributed by atoms with E-state index in [2.05, 4.69) is 12.2 Å². The van der Waals surface area contributed by atoms with E-state index in [1.165, 1.54) is 32.1 Å². The molecule has 0 unspecified atom stereocenters. The van der Waals surface area contributed by atoms with Crippen molar-refractivity contribution >= 4 is 5.91 Å². The second-order valence-electron chi connectivity index (χ2n) is 4.04. The van der Waals surface area contributed by atoms with Crippen molar-refractivity contribution in [1.82, 2.24) is 5.32 Å². The first-order chi connectivity index (χ1) is 7.20. The summed E-state index contributed by atoms with van der Waals surface area (Å²) < 4.78 is 0. The van der Waals surface area contributed by atoms with Crippen LogP contribution >= 0.6 is 0 Å². The number of amides is 1. The molecular weight excluding hydrogens is 186 g/mol. The lowest BCUT2D eigenvalue weighted by atomic mass is 10.1. The van der Waals surface area contributed by atoms with E-state index in [-0.39, 0.29) is 5.91 Å². The van der Waals surface area contributed by atoms with Gasteiger partial charge in [-0.25, -0.2) is 0 Å². The predicted molar refractivity (Wildman–Crippen MR) is 65.6 cm³/mol. The molecule has 0 spiro atoms. The third-order valence-electron chi connectivity index (χ3n) is 2.53. The molecule has 0 atom stereocenters. The number of carbonyl (C=O) groups is 1. The maximum Gasteiger partial charge on any atom is 0.224 e. The van der Waals surface area contributed by atoms with Crippen LogP contribution < -0.4 is 5.32 Å². The standard InChI is InChI=1S/C13H25NO/c1-4-6-7-8-9-10-11-13(15)14-12(3)5-2/h5H,4,6-11H2,1-3H3,(H,14,15)/b12-5-. The van der Waals surface area contributed by atoms with Gasteiger partial charge < -0.3 is 5.32 Å². The summed E-state index contributed by atoms with van der Waals surface area (Å²) in [6.45, 7) is 6.06. The van der Waals surface area contributed by atoms with Crippen molar-refractivity contribution in [2.45, 2.75) is 65.7 Å². The lowest BCUT2D eigenvalue weighted by Gasteiger charge is -2.04. The highest BCUT2D eigenvalue weighted by Gasteiger charge is 2.00. The average molecular weight is 211 g/mol. The van der Waals surface area contributed by atoms with Crippen molar-refractivity contribution in [2.24, 2.45) is 0 Å². The highest BCUT2D eigenvalue weighted by Crippen LogP contribution is 2.06. The summed E-state index contributed by atoms with van der Waals surface area (Å²) in [5.74, 6) is 0.154. The van der Waals surface area contributed by atoms with E-state index in [1.54, 1.807) is 0 Å². The fourth-order valence-corrected chi connectivity index (χ4v) is 1.42. The van der Waals surface area contributed by atoms with Crippen LogP contribution in [0, 0.1) is 0 Å². The largest absolute Gasteiger partial charge is 0.330 e. The van der Waals surface area contributed by atoms with Crippen LogP contribution in [0.2, 0.25) is 0 Å². The Morgan fingerprint density at radius 2 is 1.73 bits per heavy atom. The fraction of sp³-hybridized carbons (Fsp3) is 0.769. The molecule has 0 aliphatic rings. The Morgan fingerprint density at radius 1 is 1.13 bits per heavy atom. The Labute approximate surface area is 94.1 Å². The van der Waals surface area contributed by atoms with Crippen molar-refractivity contribution in [1.29, 1.82) is 0 Å². The van der Waals surface area contributed by atoms with Gasteiger partial charge in [0.15, 0.2) is 0 Å². The molecule has 1 amide bonds. The second kappa shape index (κ2) is 9.75. The SMILES string of the molecule is C/C=C(/C)NC(=O)CCCCCCCC. The predicted octanol–water partition coefficient (Wildman–Crippen LogP) is 3.78. The van der Waals surface area contributed by atoms with Gasteiger partial charge >= 0.3 is 0 Å². The van der Waals surface area contributed by atoms with Crippen LogP contribution in [-0.2, 0) is 4.79 Å². The number of unbranched alkanes of at least 4 members (excludes halogenated alkanes) is 5. The Kier molecular flexibility index (Phi) is 9.24. The summed E-state index contributed by atoms with van der Waals surface area (Å²) in [4.78, 5) is 11.3. The highest BCUT2D eigenvalue weighted by atomic mass is 16.1. The van der Waals surface area contributed by atoms with E-state index >= 15 is 0 Å². The van der Waals surface area contributed by atoms with Gasteiger partial charge in [-0.2, -0.15) is 0 Å². The number of hydrogen-bond acceptors (Lipinski definition) is 1. The third-order valence-corrected chi connectivity index (χ3v) is 2.53. The lowest BCUT2D eigenvalue weighted by molar-refractivity contribution is -0.120. The number of rotatable bonds is 8. The quantitative estimate of drug-likeness (QED) is 0.608. The van der Waals surface area contributed by atoms with Gasteiger partial charge in [0.25, 0.3) is 0 Å². The van der Waals surface area contributed by atoms with E-state index in [1.807, 2.05) is 19.9 Å². The van der Waals surface area contributed by atoms with Gasteiger partial charge in [-0.05, 0) is 20.3 Å². The molecule has 0 aromatic heterocycles. The number of allylic oxidation sites excluding steroid dienone is 2. The lowest BCUT2D eigenvalue weighted by Crippen LogP contribution is -2.20. The van der Waals surface area contributed by atoms with Crippen LogP contribution in [0.5, 0.6) is 0 Å². The zero-order chi connectivity index (χ0) is 11.5. The molecule has 0 aromatic carbocycles.